The molecule has 0 bridgehead atoms. The maximum absolute atomic E-state index is 12.6. The van der Waals surface area contributed by atoms with Crippen LogP contribution in [0, 0.1) is 12.8 Å². The molecular formula is C24H26Cl2N2OS. The van der Waals surface area contributed by atoms with Crippen LogP contribution in [0.15, 0.2) is 61.8 Å². The van der Waals surface area contributed by atoms with E-state index in [1.165, 1.54) is 36.8 Å². The van der Waals surface area contributed by atoms with Crippen LogP contribution in [0.1, 0.15) is 47.0 Å². The van der Waals surface area contributed by atoms with Crippen molar-refractivity contribution < 1.29 is 4.79 Å². The van der Waals surface area contributed by atoms with Crippen LogP contribution in [0.25, 0.3) is 0 Å². The molecule has 0 spiro atoms. The summed E-state index contributed by atoms with van der Waals surface area (Å²) in [7, 11) is 0. The van der Waals surface area contributed by atoms with Gasteiger partial charge in [0.15, 0.2) is 5.13 Å². The number of aromatic nitrogens is 1. The molecule has 4 rings (SSSR count). The lowest BCUT2D eigenvalue weighted by Crippen LogP contribution is -2.00. The minimum absolute atomic E-state index is 0.226. The Morgan fingerprint density at radius 1 is 1.17 bits per heavy atom. The average molecular weight is 461 g/mol. The lowest BCUT2D eigenvalue weighted by atomic mass is 10.1. The molecule has 1 saturated carbocycles. The van der Waals surface area contributed by atoms with Crippen LogP contribution in [-0.4, -0.2) is 10.8 Å². The van der Waals surface area contributed by atoms with Crippen molar-refractivity contribution in [1.29, 1.82) is 0 Å². The third-order valence-electron chi connectivity index (χ3n) is 4.46. The van der Waals surface area contributed by atoms with Crippen molar-refractivity contribution in [2.45, 2.75) is 33.1 Å². The lowest BCUT2D eigenvalue weighted by Gasteiger charge is -2.04. The van der Waals surface area contributed by atoms with Crippen molar-refractivity contribution in [3.63, 3.8) is 0 Å². The van der Waals surface area contributed by atoms with Gasteiger partial charge in [-0.15, -0.1) is 13.2 Å². The molecule has 1 aliphatic carbocycles. The van der Waals surface area contributed by atoms with Crippen LogP contribution in [0.5, 0.6) is 0 Å². The van der Waals surface area contributed by atoms with E-state index in [0.717, 1.165) is 17.2 Å². The molecule has 0 radical (unpaired) electrons. The van der Waals surface area contributed by atoms with Crippen molar-refractivity contribution in [2.24, 2.45) is 5.92 Å². The smallest absolute Gasteiger partial charge is 0.207 e. The molecule has 0 saturated heterocycles. The Morgan fingerprint density at radius 3 is 2.33 bits per heavy atom. The number of nitrogens with one attached hydrogen (secondary N) is 1. The maximum atomic E-state index is 12.6. The molecule has 0 atom stereocenters. The van der Waals surface area contributed by atoms with Gasteiger partial charge < -0.3 is 5.32 Å². The first-order valence-corrected chi connectivity index (χ1v) is 11.3. The second-order valence-corrected chi connectivity index (χ2v) is 8.65. The highest BCUT2D eigenvalue weighted by Crippen LogP contribution is 2.31. The quantitative estimate of drug-likeness (QED) is 0.307. The Labute approximate surface area is 192 Å². The molecular weight excluding hydrogens is 435 g/mol. The van der Waals surface area contributed by atoms with Crippen molar-refractivity contribution in [2.75, 3.05) is 5.32 Å². The summed E-state index contributed by atoms with van der Waals surface area (Å²) < 4.78 is 0. The van der Waals surface area contributed by atoms with E-state index >= 15 is 0 Å². The zero-order valence-corrected chi connectivity index (χ0v) is 19.6. The fraction of sp³-hybridized carbons (Fsp3) is 0.250. The number of anilines is 2. The predicted molar refractivity (Wildman–Crippen MR) is 131 cm³/mol. The molecule has 1 aromatic heterocycles. The summed E-state index contributed by atoms with van der Waals surface area (Å²) in [4.78, 5) is 17.3. The van der Waals surface area contributed by atoms with Gasteiger partial charge in [0.1, 0.15) is 0 Å². The number of hydrogen-bond donors (Lipinski definition) is 1. The van der Waals surface area contributed by atoms with Crippen molar-refractivity contribution >= 4 is 51.1 Å². The Morgan fingerprint density at radius 2 is 1.80 bits per heavy atom. The third kappa shape index (κ3) is 6.98. The summed E-state index contributed by atoms with van der Waals surface area (Å²) >= 11 is 13.4. The zero-order chi connectivity index (χ0) is 22.1. The lowest BCUT2D eigenvalue weighted by molar-refractivity contribution is 0.104. The van der Waals surface area contributed by atoms with Crippen LogP contribution in [0.2, 0.25) is 10.0 Å². The van der Waals surface area contributed by atoms with Gasteiger partial charge in [-0.3, -0.25) is 4.79 Å². The number of nitrogens with zero attached hydrogens (tertiary/aromatic N) is 1. The van der Waals surface area contributed by atoms with Gasteiger partial charge in [0, 0.05) is 5.69 Å². The molecule has 0 amide bonds. The molecule has 6 heteroatoms. The largest absolute Gasteiger partial charge is 0.332 e. The second-order valence-electron chi connectivity index (χ2n) is 6.80. The minimum Gasteiger partial charge on any atom is -0.332 e. The van der Waals surface area contributed by atoms with E-state index < -0.39 is 0 Å². The summed E-state index contributed by atoms with van der Waals surface area (Å²) in [6.07, 6.45) is 5.97. The molecule has 0 aliphatic heterocycles. The summed E-state index contributed by atoms with van der Waals surface area (Å²) in [5.41, 5.74) is 2.38. The van der Waals surface area contributed by atoms with Crippen molar-refractivity contribution in [3.05, 3.63) is 87.9 Å². The van der Waals surface area contributed by atoms with Crippen LogP contribution >= 0.6 is 34.5 Å². The number of rotatable bonds is 5. The summed E-state index contributed by atoms with van der Waals surface area (Å²) in [6, 6.07) is 12.9. The van der Waals surface area contributed by atoms with Crippen molar-refractivity contribution in [3.8, 4) is 0 Å². The number of ketones is 1. The molecule has 1 heterocycles. The fourth-order valence-electron chi connectivity index (χ4n) is 2.65. The van der Waals surface area contributed by atoms with E-state index in [1.807, 2.05) is 31.2 Å². The highest BCUT2D eigenvalue weighted by molar-refractivity contribution is 7.17. The van der Waals surface area contributed by atoms with Gasteiger partial charge in [-0.1, -0.05) is 78.9 Å². The highest BCUT2D eigenvalue weighted by atomic mass is 35.5. The molecule has 30 heavy (non-hydrogen) atoms. The molecule has 3 aromatic rings. The topological polar surface area (TPSA) is 42.0 Å². The number of carbonyl (C=O) groups excluding carboxylic acids is 1. The molecule has 0 unspecified atom stereocenters. The summed E-state index contributed by atoms with van der Waals surface area (Å²) in [5, 5.41) is 4.51. The van der Waals surface area contributed by atoms with Crippen LogP contribution in [0.4, 0.5) is 10.8 Å². The SMILES string of the molecule is C=C.CCC1CC1.Cc1cccc(Nc2ncc(C(=O)c3c(Cl)cccc3Cl)s2)c1. The number of halogens is 2. The number of carbonyl (C=O) groups is 1. The van der Waals surface area contributed by atoms with Gasteiger partial charge in [-0.25, -0.2) is 4.98 Å². The zero-order valence-electron chi connectivity index (χ0n) is 17.3. The Bertz CT molecular complexity index is 963. The van der Waals surface area contributed by atoms with Crippen LogP contribution in [-0.2, 0) is 0 Å². The van der Waals surface area contributed by atoms with Gasteiger partial charge in [-0.2, -0.15) is 0 Å². The number of benzene rings is 2. The number of aryl methyl sites for hydroxylation is 1. The minimum atomic E-state index is -0.226. The Hall–Kier alpha value is -2.14. The van der Waals surface area contributed by atoms with Crippen molar-refractivity contribution in [1.82, 2.24) is 4.98 Å². The van der Waals surface area contributed by atoms with E-state index in [4.69, 9.17) is 23.2 Å². The van der Waals surface area contributed by atoms with Crippen LogP contribution in [0.3, 0.4) is 0 Å². The first kappa shape index (κ1) is 24.1. The van der Waals surface area contributed by atoms with E-state index in [-0.39, 0.29) is 5.78 Å². The Balaban J connectivity index is 0.000000393. The normalized spacial score (nSPS) is 12.1. The van der Waals surface area contributed by atoms with Gasteiger partial charge in [0.25, 0.3) is 0 Å². The summed E-state index contributed by atoms with van der Waals surface area (Å²) in [5.74, 6) is 0.908. The molecule has 1 N–H and O–H groups in total. The molecule has 158 valence electrons. The van der Waals surface area contributed by atoms with Gasteiger partial charge in [-0.05, 0) is 42.7 Å². The monoisotopic (exact) mass is 460 g/mol. The van der Waals surface area contributed by atoms with Crippen LogP contribution < -0.4 is 5.32 Å². The molecule has 3 nitrogen and oxygen atoms in total. The summed E-state index contributed by atoms with van der Waals surface area (Å²) in [6.45, 7) is 10.3. The van der Waals surface area contributed by atoms with Gasteiger partial charge >= 0.3 is 0 Å². The van der Waals surface area contributed by atoms with E-state index in [9.17, 15) is 4.79 Å². The highest BCUT2D eigenvalue weighted by Gasteiger charge is 2.19. The standard InChI is InChI=1S/C17H12Cl2N2OS.C5H10.C2H4/c1-10-4-2-5-11(8-10)21-17-20-9-14(23-17)16(22)15-12(18)6-3-7-13(15)19;1-2-5-3-4-5;1-2/h2-9H,1H3,(H,20,21);5H,2-4H2,1H3;1-2H2. The molecule has 1 fully saturated rings. The predicted octanol–water partition coefficient (Wildman–Crippen LogP) is 8.34. The number of thiazole rings is 1. The maximum Gasteiger partial charge on any atom is 0.207 e. The fourth-order valence-corrected chi connectivity index (χ4v) is 4.00. The van der Waals surface area contributed by atoms with E-state index in [2.05, 4.69) is 30.4 Å². The van der Waals surface area contributed by atoms with E-state index in [1.54, 1.807) is 18.2 Å². The molecule has 2 aromatic carbocycles. The van der Waals surface area contributed by atoms with E-state index in [0.29, 0.717) is 25.6 Å². The number of hydrogen-bond acceptors (Lipinski definition) is 4. The second kappa shape index (κ2) is 11.9. The van der Waals surface area contributed by atoms with Gasteiger partial charge in [0.2, 0.25) is 5.78 Å². The third-order valence-corrected chi connectivity index (χ3v) is 6.00. The Kier molecular flexibility index (Phi) is 9.57. The average Bonchev–Trinajstić information content (AvgIpc) is 3.47. The first-order chi connectivity index (χ1) is 14.5. The first-order valence-electron chi connectivity index (χ1n) is 9.76. The molecule has 1 aliphatic rings. The van der Waals surface area contributed by atoms with Gasteiger partial charge in [0.05, 0.1) is 26.7 Å².